The predicted octanol–water partition coefficient (Wildman–Crippen LogP) is 4.77. The minimum atomic E-state index is -0.0591. The lowest BCUT2D eigenvalue weighted by atomic mass is 10.1. The molecule has 0 bridgehead atoms. The lowest BCUT2D eigenvalue weighted by Gasteiger charge is -2.03. The maximum absolute atomic E-state index is 12.3. The number of carbonyl (C=O) groups is 1. The Morgan fingerprint density at radius 3 is 2.56 bits per heavy atom. The second kappa shape index (κ2) is 7.58. The Kier molecular flexibility index (Phi) is 5.45. The second-order valence-electron chi connectivity index (χ2n) is 6.21. The van der Waals surface area contributed by atoms with E-state index >= 15 is 0 Å². The maximum Gasteiger partial charge on any atom is 0.249 e. The van der Waals surface area contributed by atoms with E-state index < -0.39 is 0 Å². The molecular formula is C20H22N2OS2. The molecule has 0 aliphatic heterocycles. The highest BCUT2D eigenvalue weighted by Crippen LogP contribution is 2.23. The SMILES string of the molecule is Cc1ccc(SCCC(=O)N=c2sc3ccc(C)c(C)c3n2C)cc1. The Bertz CT molecular complexity index is 981. The minimum Gasteiger partial charge on any atom is -0.319 e. The first-order chi connectivity index (χ1) is 12.0. The summed E-state index contributed by atoms with van der Waals surface area (Å²) in [4.78, 5) is 18.6. The number of rotatable bonds is 4. The highest BCUT2D eigenvalue weighted by Gasteiger charge is 2.09. The summed E-state index contributed by atoms with van der Waals surface area (Å²) in [6.07, 6.45) is 0.449. The van der Waals surface area contributed by atoms with Crippen molar-refractivity contribution < 1.29 is 4.79 Å². The summed E-state index contributed by atoms with van der Waals surface area (Å²) >= 11 is 3.27. The van der Waals surface area contributed by atoms with E-state index in [1.54, 1.807) is 23.1 Å². The summed E-state index contributed by atoms with van der Waals surface area (Å²) in [7, 11) is 1.98. The van der Waals surface area contributed by atoms with Gasteiger partial charge in [0.05, 0.1) is 10.2 Å². The van der Waals surface area contributed by atoms with Gasteiger partial charge >= 0.3 is 0 Å². The number of amides is 1. The molecule has 0 N–H and O–H groups in total. The number of hydrogen-bond acceptors (Lipinski definition) is 3. The summed E-state index contributed by atoms with van der Waals surface area (Å²) in [5, 5.41) is 0. The van der Waals surface area contributed by atoms with Gasteiger partial charge in [0.15, 0.2) is 4.80 Å². The molecule has 1 heterocycles. The van der Waals surface area contributed by atoms with Crippen LogP contribution < -0.4 is 4.80 Å². The lowest BCUT2D eigenvalue weighted by molar-refractivity contribution is -0.117. The summed E-state index contributed by atoms with van der Waals surface area (Å²) in [6, 6.07) is 12.6. The molecule has 0 atom stereocenters. The van der Waals surface area contributed by atoms with E-state index in [-0.39, 0.29) is 5.91 Å². The van der Waals surface area contributed by atoms with Crippen LogP contribution in [-0.4, -0.2) is 16.2 Å². The second-order valence-corrected chi connectivity index (χ2v) is 8.39. The summed E-state index contributed by atoms with van der Waals surface area (Å²) in [5.41, 5.74) is 4.93. The van der Waals surface area contributed by atoms with E-state index in [1.807, 2.05) is 11.6 Å². The fourth-order valence-corrected chi connectivity index (χ4v) is 4.63. The van der Waals surface area contributed by atoms with Crippen LogP contribution in [0.1, 0.15) is 23.1 Å². The minimum absolute atomic E-state index is 0.0591. The Labute approximate surface area is 156 Å². The number of fused-ring (bicyclic) bond motifs is 1. The van der Waals surface area contributed by atoms with Gasteiger partial charge in [-0.1, -0.05) is 35.1 Å². The molecule has 0 aliphatic carbocycles. The van der Waals surface area contributed by atoms with Gasteiger partial charge in [-0.05, 0) is 50.1 Å². The molecular weight excluding hydrogens is 348 g/mol. The normalized spacial score (nSPS) is 12.1. The molecule has 25 heavy (non-hydrogen) atoms. The summed E-state index contributed by atoms with van der Waals surface area (Å²) in [6.45, 7) is 6.30. The molecule has 0 fully saturated rings. The van der Waals surface area contributed by atoms with Crippen LogP contribution in [-0.2, 0) is 11.8 Å². The maximum atomic E-state index is 12.3. The van der Waals surface area contributed by atoms with Crippen LogP contribution in [0.25, 0.3) is 10.2 Å². The molecule has 3 aromatic rings. The van der Waals surface area contributed by atoms with Crippen molar-refractivity contribution in [2.24, 2.45) is 12.0 Å². The van der Waals surface area contributed by atoms with E-state index in [9.17, 15) is 4.79 Å². The molecule has 1 aromatic heterocycles. The predicted molar refractivity (Wildman–Crippen MR) is 107 cm³/mol. The lowest BCUT2D eigenvalue weighted by Crippen LogP contribution is -2.14. The Hall–Kier alpha value is -1.85. The number of benzene rings is 2. The zero-order chi connectivity index (χ0) is 18.0. The highest BCUT2D eigenvalue weighted by atomic mass is 32.2. The number of thiazole rings is 1. The van der Waals surface area contributed by atoms with Gasteiger partial charge in [-0.2, -0.15) is 4.99 Å². The average Bonchev–Trinajstić information content (AvgIpc) is 2.89. The molecule has 5 heteroatoms. The molecule has 0 aliphatic rings. The van der Waals surface area contributed by atoms with Crippen LogP contribution in [0.15, 0.2) is 46.3 Å². The number of aryl methyl sites for hydroxylation is 4. The zero-order valence-electron chi connectivity index (χ0n) is 15.0. The Morgan fingerprint density at radius 2 is 1.84 bits per heavy atom. The van der Waals surface area contributed by atoms with Gasteiger partial charge < -0.3 is 4.57 Å². The third-order valence-corrected chi connectivity index (χ3v) is 6.43. The third kappa shape index (κ3) is 4.05. The molecule has 3 nitrogen and oxygen atoms in total. The van der Waals surface area contributed by atoms with Crippen molar-refractivity contribution in [2.75, 3.05) is 5.75 Å². The van der Waals surface area contributed by atoms with Gasteiger partial charge in [0.25, 0.3) is 0 Å². The molecule has 0 spiro atoms. The molecule has 0 saturated heterocycles. The van der Waals surface area contributed by atoms with Crippen molar-refractivity contribution in [2.45, 2.75) is 32.1 Å². The van der Waals surface area contributed by atoms with E-state index in [1.165, 1.54) is 31.8 Å². The van der Waals surface area contributed by atoms with E-state index in [4.69, 9.17) is 0 Å². The Morgan fingerprint density at radius 1 is 1.12 bits per heavy atom. The summed E-state index contributed by atoms with van der Waals surface area (Å²) < 4.78 is 3.21. The molecule has 0 unspecified atom stereocenters. The smallest absolute Gasteiger partial charge is 0.249 e. The molecule has 1 amide bonds. The van der Waals surface area contributed by atoms with Crippen molar-refractivity contribution >= 4 is 39.2 Å². The average molecular weight is 371 g/mol. The van der Waals surface area contributed by atoms with Crippen LogP contribution in [0.4, 0.5) is 0 Å². The monoisotopic (exact) mass is 370 g/mol. The number of carbonyl (C=O) groups excluding carboxylic acids is 1. The van der Waals surface area contributed by atoms with E-state index in [0.29, 0.717) is 6.42 Å². The fourth-order valence-electron chi connectivity index (χ4n) is 2.69. The Balaban J connectivity index is 1.73. The van der Waals surface area contributed by atoms with Gasteiger partial charge in [-0.3, -0.25) is 4.79 Å². The first kappa shape index (κ1) is 18.0. The van der Waals surface area contributed by atoms with Crippen LogP contribution in [0, 0.1) is 20.8 Å². The van der Waals surface area contributed by atoms with Gasteiger partial charge in [-0.25, -0.2) is 0 Å². The van der Waals surface area contributed by atoms with Crippen molar-refractivity contribution in [1.29, 1.82) is 0 Å². The molecule has 3 rings (SSSR count). The van der Waals surface area contributed by atoms with Crippen LogP contribution in [0.5, 0.6) is 0 Å². The van der Waals surface area contributed by atoms with Crippen LogP contribution in [0.3, 0.4) is 0 Å². The standard InChI is InChI=1S/C20H22N2OS2/c1-13-5-8-16(9-6-13)24-12-11-18(23)21-20-22(4)19-15(3)14(2)7-10-17(19)25-20/h5-10H,11-12H2,1-4H3. The van der Waals surface area contributed by atoms with Crippen molar-refractivity contribution in [3.8, 4) is 0 Å². The fraction of sp³-hybridized carbons (Fsp3) is 0.300. The molecule has 0 radical (unpaired) electrons. The van der Waals surface area contributed by atoms with Gasteiger partial charge in [0.1, 0.15) is 0 Å². The van der Waals surface area contributed by atoms with Crippen molar-refractivity contribution in [3.05, 3.63) is 57.9 Å². The van der Waals surface area contributed by atoms with E-state index in [2.05, 4.69) is 62.2 Å². The molecule has 2 aromatic carbocycles. The van der Waals surface area contributed by atoms with Gasteiger partial charge in [0, 0.05) is 24.1 Å². The van der Waals surface area contributed by atoms with Gasteiger partial charge in [-0.15, -0.1) is 11.8 Å². The van der Waals surface area contributed by atoms with Gasteiger partial charge in [0.2, 0.25) is 5.91 Å². The zero-order valence-corrected chi connectivity index (χ0v) is 16.6. The number of thioether (sulfide) groups is 1. The molecule has 130 valence electrons. The van der Waals surface area contributed by atoms with Crippen molar-refractivity contribution in [3.63, 3.8) is 0 Å². The molecule has 0 saturated carbocycles. The van der Waals surface area contributed by atoms with E-state index in [0.717, 1.165) is 10.6 Å². The highest BCUT2D eigenvalue weighted by molar-refractivity contribution is 7.99. The third-order valence-electron chi connectivity index (χ3n) is 4.31. The summed E-state index contributed by atoms with van der Waals surface area (Å²) in [5.74, 6) is 0.689. The largest absolute Gasteiger partial charge is 0.319 e. The van der Waals surface area contributed by atoms with Crippen LogP contribution in [0.2, 0.25) is 0 Å². The topological polar surface area (TPSA) is 34.4 Å². The van der Waals surface area contributed by atoms with Crippen LogP contribution >= 0.6 is 23.1 Å². The number of hydrogen-bond donors (Lipinski definition) is 0. The first-order valence-electron chi connectivity index (χ1n) is 8.28. The quantitative estimate of drug-likeness (QED) is 0.620. The first-order valence-corrected chi connectivity index (χ1v) is 10.1. The number of nitrogens with zero attached hydrogens (tertiary/aromatic N) is 2. The van der Waals surface area contributed by atoms with Crippen molar-refractivity contribution in [1.82, 2.24) is 4.57 Å². The number of aromatic nitrogens is 1.